The number of thiazole rings is 1. The fourth-order valence-corrected chi connectivity index (χ4v) is 4.21. The molecular weight excluding hydrogens is 344 g/mol. The first-order valence-electron chi connectivity index (χ1n) is 7.93. The molecule has 2 N–H and O–H groups in total. The molecule has 0 aliphatic carbocycles. The predicted octanol–water partition coefficient (Wildman–Crippen LogP) is 2.34. The molecule has 8 heteroatoms. The minimum Gasteiger partial charge on any atom is -0.340 e. The summed E-state index contributed by atoms with van der Waals surface area (Å²) in [5.74, 6) is -0.483. The molecule has 24 heavy (non-hydrogen) atoms. The highest BCUT2D eigenvalue weighted by Crippen LogP contribution is 2.28. The monoisotopic (exact) mass is 364 g/mol. The van der Waals surface area contributed by atoms with Gasteiger partial charge in [0.2, 0.25) is 5.91 Å². The lowest BCUT2D eigenvalue weighted by atomic mass is 10.2. The van der Waals surface area contributed by atoms with Crippen LogP contribution in [-0.4, -0.2) is 40.8 Å². The SMILES string of the molecule is CCN1CCc2nc(NC(=O)[C@@H](C)NC(=O)c3cccs3)sc2C1. The van der Waals surface area contributed by atoms with Crippen molar-refractivity contribution >= 4 is 39.6 Å². The van der Waals surface area contributed by atoms with Gasteiger partial charge in [-0.15, -0.1) is 22.7 Å². The van der Waals surface area contributed by atoms with Crippen LogP contribution in [0.4, 0.5) is 5.13 Å². The lowest BCUT2D eigenvalue weighted by Crippen LogP contribution is -2.41. The number of likely N-dealkylation sites (N-methyl/N-ethyl adjacent to an activating group) is 1. The Morgan fingerprint density at radius 2 is 2.29 bits per heavy atom. The average molecular weight is 364 g/mol. The van der Waals surface area contributed by atoms with Crippen molar-refractivity contribution in [2.45, 2.75) is 32.9 Å². The van der Waals surface area contributed by atoms with E-state index in [1.165, 1.54) is 27.6 Å². The summed E-state index contributed by atoms with van der Waals surface area (Å²) in [6.45, 7) is 6.74. The highest BCUT2D eigenvalue weighted by Gasteiger charge is 2.22. The van der Waals surface area contributed by atoms with Gasteiger partial charge in [0, 0.05) is 24.4 Å². The highest BCUT2D eigenvalue weighted by atomic mass is 32.1. The molecule has 3 heterocycles. The van der Waals surface area contributed by atoms with Crippen LogP contribution >= 0.6 is 22.7 Å². The highest BCUT2D eigenvalue weighted by molar-refractivity contribution is 7.15. The third-order valence-corrected chi connectivity index (χ3v) is 5.84. The van der Waals surface area contributed by atoms with Gasteiger partial charge in [-0.25, -0.2) is 4.98 Å². The summed E-state index contributed by atoms with van der Waals surface area (Å²) in [4.78, 5) is 33.0. The van der Waals surface area contributed by atoms with Crippen molar-refractivity contribution in [2.75, 3.05) is 18.4 Å². The van der Waals surface area contributed by atoms with E-state index in [9.17, 15) is 9.59 Å². The molecule has 0 unspecified atom stereocenters. The van der Waals surface area contributed by atoms with Crippen molar-refractivity contribution in [3.05, 3.63) is 33.0 Å². The Balaban J connectivity index is 1.59. The fourth-order valence-electron chi connectivity index (χ4n) is 2.53. The third kappa shape index (κ3) is 3.82. The number of nitrogens with zero attached hydrogens (tertiary/aromatic N) is 2. The summed E-state index contributed by atoms with van der Waals surface area (Å²) >= 11 is 2.87. The van der Waals surface area contributed by atoms with Crippen LogP contribution in [0.1, 0.15) is 34.1 Å². The van der Waals surface area contributed by atoms with Crippen LogP contribution in [0.2, 0.25) is 0 Å². The Morgan fingerprint density at radius 3 is 3.00 bits per heavy atom. The first-order chi connectivity index (χ1) is 11.6. The number of fused-ring (bicyclic) bond motifs is 1. The third-order valence-electron chi connectivity index (χ3n) is 3.97. The number of rotatable bonds is 5. The van der Waals surface area contributed by atoms with Gasteiger partial charge in [-0.1, -0.05) is 13.0 Å². The second kappa shape index (κ2) is 7.42. The van der Waals surface area contributed by atoms with Crippen LogP contribution in [0.15, 0.2) is 17.5 Å². The van der Waals surface area contributed by atoms with Gasteiger partial charge >= 0.3 is 0 Å². The zero-order chi connectivity index (χ0) is 17.1. The number of thiophene rings is 1. The Labute approximate surface area is 148 Å². The van der Waals surface area contributed by atoms with E-state index in [1.807, 2.05) is 11.4 Å². The molecule has 0 spiro atoms. The average Bonchev–Trinajstić information content (AvgIpc) is 3.23. The Bertz CT molecular complexity index is 727. The summed E-state index contributed by atoms with van der Waals surface area (Å²) in [6, 6.07) is 2.93. The molecule has 0 fully saturated rings. The van der Waals surface area contributed by atoms with Gasteiger partial charge in [-0.3, -0.25) is 14.5 Å². The number of carbonyl (C=O) groups excluding carboxylic acids is 2. The lowest BCUT2D eigenvalue weighted by Gasteiger charge is -2.23. The topological polar surface area (TPSA) is 74.3 Å². The number of hydrogen-bond donors (Lipinski definition) is 2. The normalized spacial score (nSPS) is 15.6. The molecule has 2 amide bonds. The number of nitrogens with one attached hydrogen (secondary N) is 2. The van der Waals surface area contributed by atoms with Crippen molar-refractivity contribution in [3.8, 4) is 0 Å². The fraction of sp³-hybridized carbons (Fsp3) is 0.438. The molecule has 128 valence electrons. The molecule has 1 aliphatic heterocycles. The Morgan fingerprint density at radius 1 is 1.46 bits per heavy atom. The van der Waals surface area contributed by atoms with Gasteiger partial charge in [-0.05, 0) is 24.9 Å². The van der Waals surface area contributed by atoms with Gasteiger partial charge in [0.1, 0.15) is 6.04 Å². The van der Waals surface area contributed by atoms with E-state index in [1.54, 1.807) is 13.0 Å². The molecule has 1 aliphatic rings. The minimum atomic E-state index is -0.618. The minimum absolute atomic E-state index is 0.232. The van der Waals surface area contributed by atoms with Gasteiger partial charge < -0.3 is 10.6 Å². The number of hydrogen-bond acceptors (Lipinski definition) is 6. The Hall–Kier alpha value is -1.77. The quantitative estimate of drug-likeness (QED) is 0.854. The van der Waals surface area contributed by atoms with Crippen LogP contribution in [-0.2, 0) is 17.8 Å². The number of carbonyl (C=O) groups is 2. The summed E-state index contributed by atoms with van der Waals surface area (Å²) in [5.41, 5.74) is 1.08. The van der Waals surface area contributed by atoms with Crippen molar-refractivity contribution in [1.29, 1.82) is 0 Å². The first kappa shape index (κ1) is 17.1. The van der Waals surface area contributed by atoms with E-state index in [0.717, 1.165) is 31.7 Å². The van der Waals surface area contributed by atoms with Crippen molar-refractivity contribution < 1.29 is 9.59 Å². The molecule has 3 rings (SSSR count). The van der Waals surface area contributed by atoms with Gasteiger partial charge in [0.25, 0.3) is 5.91 Å². The van der Waals surface area contributed by atoms with Crippen molar-refractivity contribution in [2.24, 2.45) is 0 Å². The molecular formula is C16H20N4O2S2. The second-order valence-electron chi connectivity index (χ2n) is 5.67. The maximum absolute atomic E-state index is 12.3. The molecule has 1 atom stereocenters. The van der Waals surface area contributed by atoms with E-state index >= 15 is 0 Å². The molecule has 0 radical (unpaired) electrons. The number of amides is 2. The maximum atomic E-state index is 12.3. The van der Waals surface area contributed by atoms with Crippen molar-refractivity contribution in [3.63, 3.8) is 0 Å². The zero-order valence-electron chi connectivity index (χ0n) is 13.7. The van der Waals surface area contributed by atoms with Gasteiger partial charge in [-0.2, -0.15) is 0 Å². The molecule has 2 aromatic rings. The van der Waals surface area contributed by atoms with Crippen LogP contribution in [0.3, 0.4) is 0 Å². The van der Waals surface area contributed by atoms with Crippen LogP contribution in [0, 0.1) is 0 Å². The van der Waals surface area contributed by atoms with Crippen LogP contribution < -0.4 is 10.6 Å². The molecule has 0 bridgehead atoms. The molecule has 0 aromatic carbocycles. The molecule has 2 aromatic heterocycles. The van der Waals surface area contributed by atoms with Gasteiger partial charge in [0.15, 0.2) is 5.13 Å². The van der Waals surface area contributed by atoms with E-state index in [-0.39, 0.29) is 11.8 Å². The van der Waals surface area contributed by atoms with E-state index < -0.39 is 6.04 Å². The zero-order valence-corrected chi connectivity index (χ0v) is 15.3. The largest absolute Gasteiger partial charge is 0.340 e. The van der Waals surface area contributed by atoms with E-state index in [0.29, 0.717) is 10.0 Å². The first-order valence-corrected chi connectivity index (χ1v) is 9.62. The molecule has 0 saturated heterocycles. The summed E-state index contributed by atoms with van der Waals surface area (Å²) in [7, 11) is 0. The van der Waals surface area contributed by atoms with Gasteiger partial charge in [0.05, 0.1) is 10.6 Å². The van der Waals surface area contributed by atoms with Crippen LogP contribution in [0.5, 0.6) is 0 Å². The van der Waals surface area contributed by atoms with Crippen LogP contribution in [0.25, 0.3) is 0 Å². The molecule has 0 saturated carbocycles. The summed E-state index contributed by atoms with van der Waals surface area (Å²) in [6.07, 6.45) is 0.917. The number of aromatic nitrogens is 1. The Kier molecular flexibility index (Phi) is 5.27. The summed E-state index contributed by atoms with van der Waals surface area (Å²) in [5, 5.41) is 7.97. The standard InChI is InChI=1S/C16H20N4O2S2/c1-3-20-7-6-11-13(9-20)24-16(18-11)19-14(21)10(2)17-15(22)12-5-4-8-23-12/h4-5,8,10H,3,6-7,9H2,1-2H3,(H,17,22)(H,18,19,21)/t10-/m1/s1. The van der Waals surface area contributed by atoms with Crippen molar-refractivity contribution in [1.82, 2.24) is 15.2 Å². The lowest BCUT2D eigenvalue weighted by molar-refractivity contribution is -0.117. The maximum Gasteiger partial charge on any atom is 0.261 e. The summed E-state index contributed by atoms with van der Waals surface area (Å²) < 4.78 is 0. The van der Waals surface area contributed by atoms with E-state index in [2.05, 4.69) is 27.4 Å². The second-order valence-corrected chi connectivity index (χ2v) is 7.70. The smallest absolute Gasteiger partial charge is 0.261 e. The molecule has 6 nitrogen and oxygen atoms in total. The predicted molar refractivity (Wildman–Crippen MR) is 96.6 cm³/mol. The van der Waals surface area contributed by atoms with E-state index in [4.69, 9.17) is 0 Å². The number of anilines is 1.